The van der Waals surface area contributed by atoms with E-state index in [1.165, 1.54) is 0 Å². The highest BCUT2D eigenvalue weighted by Crippen LogP contribution is 2.35. The van der Waals surface area contributed by atoms with Gasteiger partial charge in [0.05, 0.1) is 12.3 Å². The van der Waals surface area contributed by atoms with Crippen molar-refractivity contribution in [2.45, 2.75) is 6.42 Å². The second-order valence-corrected chi connectivity index (χ2v) is 6.61. The Bertz CT molecular complexity index is 346. The smallest absolute Gasteiger partial charge is 0.337 e. The van der Waals surface area contributed by atoms with E-state index in [2.05, 4.69) is 0 Å². The summed E-state index contributed by atoms with van der Waals surface area (Å²) < 4.78 is 21.6. The summed E-state index contributed by atoms with van der Waals surface area (Å²) in [4.78, 5) is 37.8. The zero-order valence-electron chi connectivity index (χ0n) is 7.98. The SMILES string of the molecule is O=C(O)C[C@@H](C[S@@](=O)CP(=O)(O)O)C(=O)O. The van der Waals surface area contributed by atoms with E-state index in [-0.39, 0.29) is 0 Å². The average Bonchev–Trinajstić information content (AvgIpc) is 1.97. The molecule has 0 aromatic heterocycles. The van der Waals surface area contributed by atoms with Gasteiger partial charge >= 0.3 is 19.5 Å². The molecule has 0 amide bonds. The number of hydrogen-bond acceptors (Lipinski definition) is 4. The lowest BCUT2D eigenvalue weighted by atomic mass is 10.1. The molecule has 0 aliphatic carbocycles. The van der Waals surface area contributed by atoms with Crippen LogP contribution in [0, 0.1) is 5.92 Å². The molecular weight excluding hydrogens is 263 g/mol. The Morgan fingerprint density at radius 2 is 1.75 bits per heavy atom. The van der Waals surface area contributed by atoms with Crippen molar-refractivity contribution < 1.29 is 38.4 Å². The minimum absolute atomic E-state index is 0.591. The second kappa shape index (κ2) is 6.09. The van der Waals surface area contributed by atoms with Crippen LogP contribution in [0.5, 0.6) is 0 Å². The van der Waals surface area contributed by atoms with Gasteiger partial charge in [-0.1, -0.05) is 0 Å². The fourth-order valence-electron chi connectivity index (χ4n) is 0.893. The summed E-state index contributed by atoms with van der Waals surface area (Å²) >= 11 is 0. The first kappa shape index (κ1) is 15.2. The molecule has 0 heterocycles. The minimum atomic E-state index is -4.48. The van der Waals surface area contributed by atoms with Gasteiger partial charge in [0.2, 0.25) is 0 Å². The predicted molar refractivity (Wildman–Crippen MR) is 53.3 cm³/mol. The van der Waals surface area contributed by atoms with Crippen LogP contribution in [-0.4, -0.2) is 47.4 Å². The van der Waals surface area contributed by atoms with Crippen LogP contribution in [0.25, 0.3) is 0 Å². The third-order valence-electron chi connectivity index (χ3n) is 1.47. The molecule has 0 aliphatic heterocycles. The van der Waals surface area contributed by atoms with E-state index < -0.39 is 53.9 Å². The number of aliphatic carboxylic acids is 2. The van der Waals surface area contributed by atoms with Crippen LogP contribution in [0.3, 0.4) is 0 Å². The van der Waals surface area contributed by atoms with Crippen molar-refractivity contribution >= 4 is 30.3 Å². The van der Waals surface area contributed by atoms with Crippen LogP contribution in [0.2, 0.25) is 0 Å². The first-order valence-corrected chi connectivity index (χ1v) is 7.24. The first-order valence-electron chi connectivity index (χ1n) is 3.96. The molecule has 0 saturated carbocycles. The Hall–Kier alpha value is -0.760. The van der Waals surface area contributed by atoms with Gasteiger partial charge in [-0.15, -0.1) is 0 Å². The van der Waals surface area contributed by atoms with Crippen LogP contribution >= 0.6 is 7.60 Å². The van der Waals surface area contributed by atoms with Gasteiger partial charge in [-0.05, 0) is 0 Å². The van der Waals surface area contributed by atoms with Crippen LogP contribution in [0.15, 0.2) is 0 Å². The van der Waals surface area contributed by atoms with Crippen molar-refractivity contribution in [3.8, 4) is 0 Å². The first-order chi connectivity index (χ1) is 7.11. The molecule has 4 N–H and O–H groups in total. The molecule has 0 aliphatic rings. The van der Waals surface area contributed by atoms with Crippen LogP contribution < -0.4 is 0 Å². The van der Waals surface area contributed by atoms with Gasteiger partial charge in [0, 0.05) is 16.6 Å². The maximum Gasteiger partial charge on any atom is 0.337 e. The third kappa shape index (κ3) is 7.52. The van der Waals surface area contributed by atoms with E-state index >= 15 is 0 Å². The van der Waals surface area contributed by atoms with Crippen molar-refractivity contribution in [2.24, 2.45) is 5.92 Å². The third-order valence-corrected chi connectivity index (χ3v) is 4.74. The molecule has 0 aromatic carbocycles. The number of rotatable bonds is 7. The maximum atomic E-state index is 11.1. The van der Waals surface area contributed by atoms with E-state index in [1.54, 1.807) is 0 Å². The summed E-state index contributed by atoms with van der Waals surface area (Å²) in [7, 11) is -6.55. The van der Waals surface area contributed by atoms with E-state index in [1.807, 2.05) is 0 Å². The van der Waals surface area contributed by atoms with Gasteiger partial charge in [0.1, 0.15) is 5.49 Å². The minimum Gasteiger partial charge on any atom is -0.481 e. The zero-order valence-corrected chi connectivity index (χ0v) is 9.69. The van der Waals surface area contributed by atoms with Gasteiger partial charge in [-0.3, -0.25) is 18.4 Å². The summed E-state index contributed by atoms with van der Waals surface area (Å²) in [5.41, 5.74) is -0.962. The van der Waals surface area contributed by atoms with E-state index in [0.29, 0.717) is 0 Å². The Kier molecular flexibility index (Phi) is 5.80. The number of hydrogen-bond donors (Lipinski definition) is 4. The van der Waals surface area contributed by atoms with E-state index in [4.69, 9.17) is 20.0 Å². The summed E-state index contributed by atoms with van der Waals surface area (Å²) in [6, 6.07) is 0. The van der Waals surface area contributed by atoms with Gasteiger partial charge in [0.25, 0.3) is 0 Å². The molecule has 8 nitrogen and oxygen atoms in total. The lowest BCUT2D eigenvalue weighted by molar-refractivity contribution is -0.147. The van der Waals surface area contributed by atoms with Crippen LogP contribution in [0.4, 0.5) is 0 Å². The summed E-state index contributed by atoms with van der Waals surface area (Å²) in [5.74, 6) is -4.83. The molecule has 0 saturated heterocycles. The monoisotopic (exact) mass is 274 g/mol. The molecule has 10 heteroatoms. The highest BCUT2D eigenvalue weighted by molar-refractivity contribution is 7.92. The molecule has 2 atom stereocenters. The summed E-state index contributed by atoms with van der Waals surface area (Å²) in [6.07, 6.45) is -0.734. The molecule has 0 bridgehead atoms. The highest BCUT2D eigenvalue weighted by atomic mass is 32.2. The summed E-state index contributed by atoms with van der Waals surface area (Å²) in [6.45, 7) is 0. The van der Waals surface area contributed by atoms with Crippen molar-refractivity contribution in [2.75, 3.05) is 11.2 Å². The lowest BCUT2D eigenvalue weighted by Crippen LogP contribution is -2.24. The van der Waals surface area contributed by atoms with Crippen molar-refractivity contribution in [1.82, 2.24) is 0 Å². The Morgan fingerprint density at radius 3 is 2.06 bits per heavy atom. The molecule has 94 valence electrons. The second-order valence-electron chi connectivity index (χ2n) is 3.03. The van der Waals surface area contributed by atoms with Gasteiger partial charge < -0.3 is 20.0 Å². The number of carboxylic acid groups (broad SMARTS) is 2. The fourth-order valence-corrected chi connectivity index (χ4v) is 3.52. The van der Waals surface area contributed by atoms with Crippen LogP contribution in [0.1, 0.15) is 6.42 Å². The average molecular weight is 274 g/mol. The lowest BCUT2D eigenvalue weighted by Gasteiger charge is -2.09. The molecule has 0 spiro atoms. The number of carboxylic acids is 2. The standard InChI is InChI=1S/C6H11O8PS/c7-5(8)1-4(6(9)10)2-16(14)3-15(11,12)13/h4H,1-3H2,(H,7,8)(H,9,10)(H2,11,12,13)/t4-,16+/m0/s1. The van der Waals surface area contributed by atoms with E-state index in [9.17, 15) is 18.4 Å². The highest BCUT2D eigenvalue weighted by Gasteiger charge is 2.26. The largest absolute Gasteiger partial charge is 0.481 e. The molecular formula is C6H11O8PS. The quantitative estimate of drug-likeness (QED) is 0.434. The topological polar surface area (TPSA) is 149 Å². The summed E-state index contributed by atoms with van der Waals surface area (Å²) in [5, 5.41) is 16.9. The van der Waals surface area contributed by atoms with Gasteiger partial charge in [0.15, 0.2) is 0 Å². The van der Waals surface area contributed by atoms with Gasteiger partial charge in [-0.2, -0.15) is 0 Å². The molecule has 16 heavy (non-hydrogen) atoms. The van der Waals surface area contributed by atoms with Gasteiger partial charge in [-0.25, -0.2) is 0 Å². The predicted octanol–water partition coefficient (Wildman–Crippen LogP) is -0.954. The van der Waals surface area contributed by atoms with Crippen molar-refractivity contribution in [3.63, 3.8) is 0 Å². The molecule has 0 fully saturated rings. The maximum absolute atomic E-state index is 11.1. The van der Waals surface area contributed by atoms with E-state index in [0.717, 1.165) is 0 Å². The Balaban J connectivity index is 4.41. The van der Waals surface area contributed by atoms with Crippen molar-refractivity contribution in [1.29, 1.82) is 0 Å². The molecule has 0 radical (unpaired) electrons. The molecule has 0 unspecified atom stereocenters. The fraction of sp³-hybridized carbons (Fsp3) is 0.667. The normalized spacial score (nSPS) is 15.4. The Morgan fingerprint density at radius 1 is 1.25 bits per heavy atom. The molecule has 0 aromatic rings. The van der Waals surface area contributed by atoms with Crippen molar-refractivity contribution in [3.05, 3.63) is 0 Å². The Labute approximate surface area is 92.9 Å². The zero-order chi connectivity index (χ0) is 12.9. The van der Waals surface area contributed by atoms with Crippen LogP contribution in [-0.2, 0) is 25.0 Å². The molecule has 0 rings (SSSR count). The number of carbonyl (C=O) groups is 2.